The van der Waals surface area contributed by atoms with E-state index in [2.05, 4.69) is 196 Å². The van der Waals surface area contributed by atoms with Crippen LogP contribution in [0.2, 0.25) is 0 Å². The highest BCUT2D eigenvalue weighted by atomic mass is 32.3. The Hall–Kier alpha value is -5.37. The van der Waals surface area contributed by atoms with Gasteiger partial charge < -0.3 is 0 Å². The van der Waals surface area contributed by atoms with Crippen LogP contribution in [0, 0.1) is 13.8 Å². The minimum Gasteiger partial charge on any atom is -0.223 e. The van der Waals surface area contributed by atoms with Crippen LogP contribution in [0.4, 0.5) is 0 Å². The summed E-state index contributed by atoms with van der Waals surface area (Å²) in [5, 5.41) is 5.16. The van der Waals surface area contributed by atoms with Crippen molar-refractivity contribution in [1.29, 1.82) is 0 Å². The summed E-state index contributed by atoms with van der Waals surface area (Å²) >= 11 is 0. The molecule has 8 rings (SSSR count). The second kappa shape index (κ2) is 12.8. The summed E-state index contributed by atoms with van der Waals surface area (Å²) in [4.78, 5) is 1.43. The molecule has 50 heavy (non-hydrogen) atoms. The van der Waals surface area contributed by atoms with Crippen LogP contribution in [-0.4, -0.2) is 18.8 Å². The fourth-order valence-corrected chi connectivity index (χ4v) is 8.64. The highest BCUT2D eigenvalue weighted by Gasteiger charge is 2.23. The number of aryl methyl sites for hydroxylation is 2. The van der Waals surface area contributed by atoms with Crippen molar-refractivity contribution >= 4 is 31.6 Å². The maximum Gasteiger partial charge on any atom is -0.00208 e. The number of rotatable bonds is 6. The molecule has 8 aromatic carbocycles. The van der Waals surface area contributed by atoms with Crippen LogP contribution in [-0.2, 0) is 0 Å². The number of hydrogen-bond donors (Lipinski definition) is 0. The highest BCUT2D eigenvalue weighted by Crippen LogP contribution is 2.54. The molecule has 0 nitrogen and oxygen atoms in total. The van der Waals surface area contributed by atoms with Crippen molar-refractivity contribution in [2.24, 2.45) is 0 Å². The lowest BCUT2D eigenvalue weighted by atomic mass is 9.83. The van der Waals surface area contributed by atoms with E-state index in [9.17, 15) is 0 Å². The molecule has 0 spiro atoms. The molecule has 0 aromatic heterocycles. The minimum absolute atomic E-state index is 1.13. The van der Waals surface area contributed by atoms with Crippen LogP contribution in [0.25, 0.3) is 77.2 Å². The lowest BCUT2D eigenvalue weighted by Crippen LogP contribution is -1.99. The summed E-state index contributed by atoms with van der Waals surface area (Å²) in [5.74, 6) is 0. The van der Waals surface area contributed by atoms with Gasteiger partial charge in [0.25, 0.3) is 0 Å². The highest BCUT2D eigenvalue weighted by molar-refractivity contribution is 8.32. The Kier molecular flexibility index (Phi) is 8.17. The third-order valence-corrected chi connectivity index (χ3v) is 11.6. The third-order valence-electron chi connectivity index (χ3n) is 9.97. The third kappa shape index (κ3) is 5.93. The molecule has 0 N–H and O–H groups in total. The topological polar surface area (TPSA) is 0 Å². The van der Waals surface area contributed by atoms with Gasteiger partial charge in [-0.3, -0.25) is 0 Å². The predicted octanol–water partition coefficient (Wildman–Crippen LogP) is 14.0. The molecule has 0 fully saturated rings. The van der Waals surface area contributed by atoms with E-state index in [1.807, 2.05) is 0 Å². The monoisotopic (exact) mass is 662 g/mol. The quantitative estimate of drug-likeness (QED) is 0.155. The SMILES string of the molecule is Cc1ccc(-c2c3ccc(-c4ccccc4)cc3c(-c3ccc(C)cc3)c3cc(S(C)(C)C)c(-c4ccc(-c5ccccc5)cc4)cc23)cc1. The van der Waals surface area contributed by atoms with E-state index in [1.165, 1.54) is 93.2 Å². The molecular weight excluding hydrogens is 621 g/mol. The Morgan fingerprint density at radius 3 is 1.26 bits per heavy atom. The molecule has 1 heteroatoms. The zero-order valence-corrected chi connectivity index (χ0v) is 30.3. The van der Waals surface area contributed by atoms with Crippen molar-refractivity contribution in [3.8, 4) is 55.6 Å². The van der Waals surface area contributed by atoms with E-state index < -0.39 is 10.0 Å². The van der Waals surface area contributed by atoms with Crippen molar-refractivity contribution in [2.75, 3.05) is 18.8 Å². The maximum atomic E-state index is 2.55. The van der Waals surface area contributed by atoms with E-state index in [4.69, 9.17) is 0 Å². The van der Waals surface area contributed by atoms with Gasteiger partial charge in [0.15, 0.2) is 0 Å². The molecule has 8 aromatic rings. The van der Waals surface area contributed by atoms with Crippen LogP contribution in [0.3, 0.4) is 0 Å². The summed E-state index contributed by atoms with van der Waals surface area (Å²) in [6.45, 7) is 4.34. The van der Waals surface area contributed by atoms with E-state index in [0.717, 1.165) is 0 Å². The summed E-state index contributed by atoms with van der Waals surface area (Å²) in [6, 6.07) is 61.0. The van der Waals surface area contributed by atoms with Crippen molar-refractivity contribution in [1.82, 2.24) is 0 Å². The zero-order valence-electron chi connectivity index (χ0n) is 29.5. The van der Waals surface area contributed by atoms with E-state index in [-0.39, 0.29) is 0 Å². The first-order valence-electron chi connectivity index (χ1n) is 17.4. The van der Waals surface area contributed by atoms with Gasteiger partial charge in [0.1, 0.15) is 0 Å². The molecule has 0 bridgehead atoms. The Morgan fingerprint density at radius 1 is 0.320 bits per heavy atom. The Morgan fingerprint density at radius 2 is 0.720 bits per heavy atom. The standard InChI is InChI=1S/C49H42S/c1-33-16-20-39(21-17-33)48-42-29-28-41(36-14-10-7-11-15-36)30-44(42)49(40-22-18-34(2)19-23-40)46-32-47(50(3,4)5)43(31-45(46)48)38-26-24-37(25-27-38)35-12-8-6-9-13-35/h6-32H,1-5H3. The second-order valence-electron chi connectivity index (χ2n) is 14.3. The molecule has 0 aliphatic carbocycles. The number of hydrogen-bond acceptors (Lipinski definition) is 0. The van der Waals surface area contributed by atoms with Crippen molar-refractivity contribution in [2.45, 2.75) is 18.7 Å². The Balaban J connectivity index is 1.50. The van der Waals surface area contributed by atoms with E-state index in [1.54, 1.807) is 0 Å². The predicted molar refractivity (Wildman–Crippen MR) is 222 cm³/mol. The number of benzene rings is 8. The normalized spacial score (nSPS) is 12.0. The molecule has 0 heterocycles. The maximum absolute atomic E-state index is 2.55. The molecule has 0 unspecified atom stereocenters. The van der Waals surface area contributed by atoms with Gasteiger partial charge in [-0.2, -0.15) is 0 Å². The van der Waals surface area contributed by atoms with E-state index in [0.29, 0.717) is 0 Å². The zero-order chi connectivity index (χ0) is 34.4. The van der Waals surface area contributed by atoms with Crippen LogP contribution in [0.1, 0.15) is 11.1 Å². The summed E-state index contributed by atoms with van der Waals surface area (Å²) < 4.78 is 0. The lowest BCUT2D eigenvalue weighted by molar-refractivity contribution is 1.45. The average Bonchev–Trinajstić information content (AvgIpc) is 3.14. The van der Waals surface area contributed by atoms with Crippen molar-refractivity contribution in [3.63, 3.8) is 0 Å². The van der Waals surface area contributed by atoms with Gasteiger partial charge in [0.05, 0.1) is 0 Å². The molecular formula is C49H42S. The second-order valence-corrected chi connectivity index (χ2v) is 18.4. The van der Waals surface area contributed by atoms with Gasteiger partial charge in [-0.1, -0.05) is 157 Å². The largest absolute Gasteiger partial charge is 0.223 e. The molecule has 0 aliphatic heterocycles. The summed E-state index contributed by atoms with van der Waals surface area (Å²) in [7, 11) is -1.13. The molecule has 0 amide bonds. The lowest BCUT2D eigenvalue weighted by Gasteiger charge is -2.31. The first kappa shape index (κ1) is 31.9. The average molecular weight is 663 g/mol. The van der Waals surface area contributed by atoms with E-state index >= 15 is 0 Å². The van der Waals surface area contributed by atoms with Gasteiger partial charge in [-0.25, -0.2) is 10.0 Å². The summed E-state index contributed by atoms with van der Waals surface area (Å²) in [6.07, 6.45) is 7.28. The molecule has 0 aliphatic rings. The van der Waals surface area contributed by atoms with Crippen molar-refractivity contribution in [3.05, 3.63) is 175 Å². The molecule has 244 valence electrons. The fourth-order valence-electron chi connectivity index (χ4n) is 7.33. The fraction of sp³-hybridized carbons (Fsp3) is 0.102. The summed E-state index contributed by atoms with van der Waals surface area (Å²) in [5.41, 5.74) is 15.2. The van der Waals surface area contributed by atoms with Crippen LogP contribution in [0.15, 0.2) is 169 Å². The van der Waals surface area contributed by atoms with Crippen molar-refractivity contribution < 1.29 is 0 Å². The van der Waals surface area contributed by atoms with Gasteiger partial charge >= 0.3 is 0 Å². The van der Waals surface area contributed by atoms with Crippen LogP contribution < -0.4 is 0 Å². The number of fused-ring (bicyclic) bond motifs is 2. The van der Waals surface area contributed by atoms with Gasteiger partial charge in [0.2, 0.25) is 0 Å². The Labute approximate surface area is 298 Å². The minimum atomic E-state index is -1.13. The van der Waals surface area contributed by atoms with Gasteiger partial charge in [-0.15, -0.1) is 0 Å². The molecule has 0 saturated heterocycles. The van der Waals surface area contributed by atoms with Crippen LogP contribution in [0.5, 0.6) is 0 Å². The first-order valence-corrected chi connectivity index (χ1v) is 20.2. The Bertz CT molecular complexity index is 2470. The van der Waals surface area contributed by atoms with Gasteiger partial charge in [-0.05, 0) is 133 Å². The smallest absolute Gasteiger partial charge is 0.00208 e. The first-order chi connectivity index (χ1) is 24.2. The van der Waals surface area contributed by atoms with Gasteiger partial charge in [0, 0.05) is 0 Å². The molecule has 0 radical (unpaired) electrons. The molecule has 0 atom stereocenters. The van der Waals surface area contributed by atoms with Crippen LogP contribution >= 0.6 is 10.0 Å². The molecule has 0 saturated carbocycles.